The van der Waals surface area contributed by atoms with Gasteiger partial charge in [-0.05, 0) is 53.4 Å². The minimum atomic E-state index is -0.106. The lowest BCUT2D eigenvalue weighted by molar-refractivity contribution is 0.145. The number of nitrogens with zero attached hydrogens (tertiary/aromatic N) is 1. The highest BCUT2D eigenvalue weighted by atomic mass is 79.9. The van der Waals surface area contributed by atoms with E-state index in [4.69, 9.17) is 0 Å². The van der Waals surface area contributed by atoms with Crippen molar-refractivity contribution in [3.63, 3.8) is 0 Å². The second-order valence-electron chi connectivity index (χ2n) is 4.17. The fraction of sp³-hybridized carbons (Fsp3) is 0.500. The largest absolute Gasteiger partial charge is 0.393 e. The third-order valence-corrected chi connectivity index (χ3v) is 3.54. The van der Waals surface area contributed by atoms with Crippen LogP contribution in [-0.4, -0.2) is 24.3 Å². The van der Waals surface area contributed by atoms with E-state index in [0.717, 1.165) is 30.4 Å². The van der Waals surface area contributed by atoms with Gasteiger partial charge in [-0.25, -0.2) is 0 Å². The maximum Gasteiger partial charge on any atom is 0.0574 e. The standard InChI is InChI=1S/C12H16BrNO/c1-9-2-3-12(11(13)8-9)14-6-4-10(15)5-7-14/h2-3,8,10,15H,4-7H2,1H3. The van der Waals surface area contributed by atoms with Gasteiger partial charge in [0, 0.05) is 17.6 Å². The van der Waals surface area contributed by atoms with Crippen LogP contribution in [0.5, 0.6) is 0 Å². The molecule has 1 saturated heterocycles. The molecule has 1 fully saturated rings. The Bertz CT molecular complexity index is 345. The van der Waals surface area contributed by atoms with Crippen molar-refractivity contribution < 1.29 is 5.11 Å². The molecule has 0 atom stereocenters. The average Bonchev–Trinajstić information content (AvgIpc) is 2.20. The van der Waals surface area contributed by atoms with E-state index in [0.29, 0.717) is 0 Å². The van der Waals surface area contributed by atoms with Crippen LogP contribution in [0.1, 0.15) is 18.4 Å². The number of benzene rings is 1. The topological polar surface area (TPSA) is 23.5 Å². The fourth-order valence-corrected chi connectivity index (χ4v) is 2.72. The van der Waals surface area contributed by atoms with Crippen LogP contribution in [0.25, 0.3) is 0 Å². The highest BCUT2D eigenvalue weighted by Gasteiger charge is 2.18. The Balaban J connectivity index is 2.15. The summed E-state index contributed by atoms with van der Waals surface area (Å²) in [7, 11) is 0. The number of anilines is 1. The highest BCUT2D eigenvalue weighted by Crippen LogP contribution is 2.29. The first-order chi connectivity index (χ1) is 7.16. The van der Waals surface area contributed by atoms with Crippen LogP contribution in [0.3, 0.4) is 0 Å². The zero-order valence-corrected chi connectivity index (χ0v) is 10.5. The molecule has 0 aliphatic carbocycles. The molecule has 0 aromatic heterocycles. The van der Waals surface area contributed by atoms with Gasteiger partial charge in [0.2, 0.25) is 0 Å². The fourth-order valence-electron chi connectivity index (χ4n) is 1.98. The molecule has 1 N–H and O–H groups in total. The van der Waals surface area contributed by atoms with Crippen LogP contribution >= 0.6 is 15.9 Å². The van der Waals surface area contributed by atoms with E-state index >= 15 is 0 Å². The molecule has 3 heteroatoms. The number of rotatable bonds is 1. The van der Waals surface area contributed by atoms with Gasteiger partial charge in [-0.3, -0.25) is 0 Å². The van der Waals surface area contributed by atoms with Crippen LogP contribution in [0.2, 0.25) is 0 Å². The van der Waals surface area contributed by atoms with Gasteiger partial charge in [0.25, 0.3) is 0 Å². The summed E-state index contributed by atoms with van der Waals surface area (Å²) in [5.41, 5.74) is 2.51. The van der Waals surface area contributed by atoms with Crippen LogP contribution in [0.4, 0.5) is 5.69 Å². The molecule has 1 heterocycles. The van der Waals surface area contributed by atoms with Crippen LogP contribution in [-0.2, 0) is 0 Å². The van der Waals surface area contributed by atoms with Gasteiger partial charge in [0.1, 0.15) is 0 Å². The van der Waals surface area contributed by atoms with Crippen molar-refractivity contribution in [1.82, 2.24) is 0 Å². The van der Waals surface area contributed by atoms with E-state index in [2.05, 4.69) is 46.0 Å². The van der Waals surface area contributed by atoms with Crippen LogP contribution < -0.4 is 4.90 Å². The molecule has 0 bridgehead atoms. The first-order valence-electron chi connectivity index (χ1n) is 5.36. The average molecular weight is 270 g/mol. The van der Waals surface area contributed by atoms with Crippen molar-refractivity contribution >= 4 is 21.6 Å². The number of piperidine rings is 1. The zero-order chi connectivity index (χ0) is 10.8. The van der Waals surface area contributed by atoms with Crippen molar-refractivity contribution in [1.29, 1.82) is 0 Å². The van der Waals surface area contributed by atoms with Crippen molar-refractivity contribution in [2.75, 3.05) is 18.0 Å². The van der Waals surface area contributed by atoms with Gasteiger partial charge >= 0.3 is 0 Å². The number of halogens is 1. The molecule has 1 aromatic carbocycles. The molecule has 0 amide bonds. The lowest BCUT2D eigenvalue weighted by atomic mass is 10.1. The number of hydrogen-bond donors (Lipinski definition) is 1. The Hall–Kier alpha value is -0.540. The smallest absolute Gasteiger partial charge is 0.0574 e. The van der Waals surface area contributed by atoms with Gasteiger partial charge in [-0.2, -0.15) is 0 Å². The Morgan fingerprint density at radius 2 is 2.00 bits per heavy atom. The lowest BCUT2D eigenvalue weighted by Gasteiger charge is -2.32. The van der Waals surface area contributed by atoms with E-state index in [9.17, 15) is 5.11 Å². The van der Waals surface area contributed by atoms with E-state index in [1.165, 1.54) is 11.3 Å². The summed E-state index contributed by atoms with van der Waals surface area (Å²) in [6.45, 7) is 3.99. The number of aliphatic hydroxyl groups excluding tert-OH is 1. The van der Waals surface area contributed by atoms with Gasteiger partial charge in [0.15, 0.2) is 0 Å². The molecule has 2 nitrogen and oxygen atoms in total. The van der Waals surface area contributed by atoms with E-state index in [-0.39, 0.29) is 6.10 Å². The minimum absolute atomic E-state index is 0.106. The number of aliphatic hydroxyl groups is 1. The maximum atomic E-state index is 9.45. The Morgan fingerprint density at radius 3 is 2.60 bits per heavy atom. The minimum Gasteiger partial charge on any atom is -0.393 e. The third-order valence-electron chi connectivity index (χ3n) is 2.91. The summed E-state index contributed by atoms with van der Waals surface area (Å²) in [6.07, 6.45) is 1.64. The van der Waals surface area contributed by atoms with Crippen LogP contribution in [0, 0.1) is 6.92 Å². The summed E-state index contributed by atoms with van der Waals surface area (Å²) in [4.78, 5) is 2.33. The van der Waals surface area contributed by atoms with Crippen molar-refractivity contribution in [3.8, 4) is 0 Å². The van der Waals surface area contributed by atoms with Crippen LogP contribution in [0.15, 0.2) is 22.7 Å². The molecular weight excluding hydrogens is 254 g/mol. The summed E-state index contributed by atoms with van der Waals surface area (Å²) < 4.78 is 1.15. The highest BCUT2D eigenvalue weighted by molar-refractivity contribution is 9.10. The van der Waals surface area contributed by atoms with Gasteiger partial charge in [-0.15, -0.1) is 0 Å². The quantitative estimate of drug-likeness (QED) is 0.848. The molecule has 1 aliphatic heterocycles. The lowest BCUT2D eigenvalue weighted by Crippen LogP contribution is -2.35. The molecule has 0 spiro atoms. The van der Waals surface area contributed by atoms with E-state index in [1.54, 1.807) is 0 Å². The maximum absolute atomic E-state index is 9.45. The predicted octanol–water partition coefficient (Wildman–Crippen LogP) is 2.72. The van der Waals surface area contributed by atoms with Gasteiger partial charge < -0.3 is 10.0 Å². The van der Waals surface area contributed by atoms with E-state index < -0.39 is 0 Å². The normalized spacial score (nSPS) is 18.2. The summed E-state index contributed by atoms with van der Waals surface area (Å²) in [5, 5.41) is 9.45. The molecule has 82 valence electrons. The second-order valence-corrected chi connectivity index (χ2v) is 5.03. The van der Waals surface area contributed by atoms with Gasteiger partial charge in [0.05, 0.1) is 11.8 Å². The molecule has 0 unspecified atom stereocenters. The van der Waals surface area contributed by atoms with Crippen molar-refractivity contribution in [2.45, 2.75) is 25.9 Å². The second kappa shape index (κ2) is 4.54. The molecule has 0 radical (unpaired) electrons. The number of hydrogen-bond acceptors (Lipinski definition) is 2. The Kier molecular flexibility index (Phi) is 3.32. The van der Waals surface area contributed by atoms with E-state index in [1.807, 2.05) is 0 Å². The Labute approximate surface area is 99.0 Å². The molecule has 1 aromatic rings. The van der Waals surface area contributed by atoms with Crippen molar-refractivity contribution in [2.24, 2.45) is 0 Å². The molecular formula is C12H16BrNO. The first-order valence-corrected chi connectivity index (χ1v) is 6.15. The monoisotopic (exact) mass is 269 g/mol. The molecule has 1 aliphatic rings. The molecule has 15 heavy (non-hydrogen) atoms. The zero-order valence-electron chi connectivity index (χ0n) is 8.91. The summed E-state index contributed by atoms with van der Waals surface area (Å²) in [5.74, 6) is 0. The van der Waals surface area contributed by atoms with Crippen molar-refractivity contribution in [3.05, 3.63) is 28.2 Å². The molecule has 0 saturated carbocycles. The predicted molar refractivity (Wildman–Crippen MR) is 66.3 cm³/mol. The van der Waals surface area contributed by atoms with Gasteiger partial charge in [-0.1, -0.05) is 6.07 Å². The Morgan fingerprint density at radius 1 is 1.33 bits per heavy atom. The SMILES string of the molecule is Cc1ccc(N2CCC(O)CC2)c(Br)c1. The first kappa shape index (κ1) is 11.0. The number of aryl methyl sites for hydroxylation is 1. The molecule has 2 rings (SSSR count). The summed E-state index contributed by atoms with van der Waals surface area (Å²) >= 11 is 3.59. The summed E-state index contributed by atoms with van der Waals surface area (Å²) in [6, 6.07) is 6.42. The third kappa shape index (κ3) is 2.52.